The fraction of sp³-hybridized carbons (Fsp3) is 0.179. The standard InChI is InChI=1S/C28H25ClFN5O2/c1-34(2)26-10-5-19(14-31-26)18-4-9-24-25(13-18)35(16-20-12-21(30)6-8-23(20)29)27(33-24)17-37-22-7-11-28(36-3)32-15-22/h4-15H,16-17H2,1-3H3. The van der Waals surface area contributed by atoms with Crippen LogP contribution in [0.3, 0.4) is 0 Å². The number of imidazole rings is 1. The minimum atomic E-state index is -0.348. The largest absolute Gasteiger partial charge is 0.484 e. The average molecular weight is 518 g/mol. The molecule has 0 aliphatic carbocycles. The second-order valence-corrected chi connectivity index (χ2v) is 9.09. The zero-order valence-electron chi connectivity index (χ0n) is 20.7. The van der Waals surface area contributed by atoms with Crippen molar-refractivity contribution < 1.29 is 13.9 Å². The van der Waals surface area contributed by atoms with Gasteiger partial charge in [-0.1, -0.05) is 17.7 Å². The van der Waals surface area contributed by atoms with E-state index in [1.807, 2.05) is 54.0 Å². The van der Waals surface area contributed by atoms with Crippen molar-refractivity contribution in [2.24, 2.45) is 0 Å². The van der Waals surface area contributed by atoms with Crippen molar-refractivity contribution in [3.05, 3.63) is 95.3 Å². The number of ether oxygens (including phenoxy) is 2. The average Bonchev–Trinajstić information content (AvgIpc) is 3.26. The molecular formula is C28H25ClFN5O2. The predicted molar refractivity (Wildman–Crippen MR) is 143 cm³/mol. The SMILES string of the molecule is COc1ccc(OCc2nc3ccc(-c4ccc(N(C)C)nc4)cc3n2Cc2cc(F)ccc2Cl)cn1. The number of benzene rings is 2. The molecular weight excluding hydrogens is 493 g/mol. The number of methoxy groups -OCH3 is 1. The van der Waals surface area contributed by atoms with E-state index in [0.29, 0.717) is 34.6 Å². The van der Waals surface area contributed by atoms with Crippen LogP contribution in [0.4, 0.5) is 10.2 Å². The highest BCUT2D eigenvalue weighted by molar-refractivity contribution is 6.31. The van der Waals surface area contributed by atoms with E-state index < -0.39 is 0 Å². The van der Waals surface area contributed by atoms with Crippen LogP contribution in [0.15, 0.2) is 73.1 Å². The maximum absolute atomic E-state index is 14.1. The van der Waals surface area contributed by atoms with Crippen LogP contribution in [0, 0.1) is 5.82 Å². The Morgan fingerprint density at radius 1 is 0.946 bits per heavy atom. The summed E-state index contributed by atoms with van der Waals surface area (Å²) in [6.45, 7) is 0.512. The number of pyridine rings is 2. The van der Waals surface area contributed by atoms with Crippen LogP contribution in [0.2, 0.25) is 5.02 Å². The summed E-state index contributed by atoms with van der Waals surface area (Å²) in [5, 5.41) is 0.481. The summed E-state index contributed by atoms with van der Waals surface area (Å²) >= 11 is 6.42. The number of aromatic nitrogens is 4. The Hall–Kier alpha value is -4.17. The highest BCUT2D eigenvalue weighted by Gasteiger charge is 2.15. The Morgan fingerprint density at radius 3 is 2.49 bits per heavy atom. The number of fused-ring (bicyclic) bond motifs is 1. The third-order valence-electron chi connectivity index (χ3n) is 5.99. The zero-order valence-corrected chi connectivity index (χ0v) is 21.4. The molecule has 0 saturated carbocycles. The zero-order chi connectivity index (χ0) is 25.9. The summed E-state index contributed by atoms with van der Waals surface area (Å²) in [6.07, 6.45) is 3.44. The third-order valence-corrected chi connectivity index (χ3v) is 6.36. The molecule has 7 nitrogen and oxygen atoms in total. The molecule has 0 spiro atoms. The Balaban J connectivity index is 1.54. The maximum Gasteiger partial charge on any atom is 0.213 e. The van der Waals surface area contributed by atoms with Gasteiger partial charge in [0.25, 0.3) is 0 Å². The van der Waals surface area contributed by atoms with Crippen molar-refractivity contribution in [1.82, 2.24) is 19.5 Å². The second kappa shape index (κ2) is 10.4. The quantitative estimate of drug-likeness (QED) is 0.252. The van der Waals surface area contributed by atoms with E-state index in [-0.39, 0.29) is 12.4 Å². The molecule has 0 aliphatic heterocycles. The summed E-state index contributed by atoms with van der Waals surface area (Å²) in [5.74, 6) is 2.28. The van der Waals surface area contributed by atoms with Crippen LogP contribution in [0.1, 0.15) is 11.4 Å². The monoisotopic (exact) mass is 517 g/mol. The first-order chi connectivity index (χ1) is 17.9. The van der Waals surface area contributed by atoms with Gasteiger partial charge < -0.3 is 18.9 Å². The summed E-state index contributed by atoms with van der Waals surface area (Å²) in [6, 6.07) is 17.9. The summed E-state index contributed by atoms with van der Waals surface area (Å²) < 4.78 is 27.2. The lowest BCUT2D eigenvalue weighted by atomic mass is 10.1. The molecule has 0 aliphatic rings. The number of hydrogen-bond acceptors (Lipinski definition) is 6. The first kappa shape index (κ1) is 24.5. The van der Waals surface area contributed by atoms with Crippen molar-refractivity contribution in [3.8, 4) is 22.8 Å². The predicted octanol–water partition coefficient (Wildman–Crippen LogP) is 5.99. The van der Waals surface area contributed by atoms with Gasteiger partial charge in [-0.15, -0.1) is 0 Å². The lowest BCUT2D eigenvalue weighted by Crippen LogP contribution is -2.10. The molecule has 0 N–H and O–H groups in total. The van der Waals surface area contributed by atoms with Gasteiger partial charge in [0.1, 0.15) is 29.8 Å². The second-order valence-electron chi connectivity index (χ2n) is 8.68. The Kier molecular flexibility index (Phi) is 6.92. The van der Waals surface area contributed by atoms with Crippen molar-refractivity contribution >= 4 is 28.5 Å². The van der Waals surface area contributed by atoms with Crippen LogP contribution in [-0.2, 0) is 13.2 Å². The smallest absolute Gasteiger partial charge is 0.213 e. The van der Waals surface area contributed by atoms with Gasteiger partial charge in [0.05, 0.1) is 30.9 Å². The molecule has 3 heterocycles. The van der Waals surface area contributed by atoms with Gasteiger partial charge >= 0.3 is 0 Å². The van der Waals surface area contributed by atoms with Gasteiger partial charge in [0.15, 0.2) is 0 Å². The van der Waals surface area contributed by atoms with E-state index in [4.69, 9.17) is 26.1 Å². The topological polar surface area (TPSA) is 65.3 Å². The van der Waals surface area contributed by atoms with Crippen LogP contribution >= 0.6 is 11.6 Å². The highest BCUT2D eigenvalue weighted by atomic mass is 35.5. The van der Waals surface area contributed by atoms with Gasteiger partial charge in [-0.05, 0) is 59.7 Å². The molecule has 2 aromatic carbocycles. The summed E-state index contributed by atoms with van der Waals surface area (Å²) in [4.78, 5) is 15.5. The molecule has 5 aromatic rings. The first-order valence-electron chi connectivity index (χ1n) is 11.6. The van der Waals surface area contributed by atoms with E-state index in [1.54, 1.807) is 31.5 Å². The van der Waals surface area contributed by atoms with Crippen LogP contribution < -0.4 is 14.4 Å². The molecule has 5 rings (SSSR count). The van der Waals surface area contributed by atoms with Crippen LogP contribution in [0.25, 0.3) is 22.2 Å². The molecule has 3 aromatic heterocycles. The van der Waals surface area contributed by atoms with E-state index >= 15 is 0 Å². The number of hydrogen-bond donors (Lipinski definition) is 0. The van der Waals surface area contributed by atoms with Crippen molar-refractivity contribution in [2.45, 2.75) is 13.2 Å². The normalized spacial score (nSPS) is 11.1. The highest BCUT2D eigenvalue weighted by Crippen LogP contribution is 2.28. The van der Waals surface area contributed by atoms with Crippen molar-refractivity contribution in [3.63, 3.8) is 0 Å². The maximum atomic E-state index is 14.1. The summed E-state index contributed by atoms with van der Waals surface area (Å²) in [5.41, 5.74) is 4.28. The molecule has 0 radical (unpaired) electrons. The van der Waals surface area contributed by atoms with Gasteiger partial charge in [0.2, 0.25) is 5.88 Å². The molecule has 37 heavy (non-hydrogen) atoms. The summed E-state index contributed by atoms with van der Waals surface area (Å²) in [7, 11) is 5.47. The van der Waals surface area contributed by atoms with E-state index in [0.717, 1.165) is 28.0 Å². The van der Waals surface area contributed by atoms with Crippen LogP contribution in [-0.4, -0.2) is 40.7 Å². The minimum absolute atomic E-state index is 0.185. The van der Waals surface area contributed by atoms with E-state index in [9.17, 15) is 4.39 Å². The fourth-order valence-corrected chi connectivity index (χ4v) is 4.19. The number of halogens is 2. The van der Waals surface area contributed by atoms with E-state index in [2.05, 4.69) is 16.0 Å². The molecule has 9 heteroatoms. The van der Waals surface area contributed by atoms with Gasteiger partial charge in [-0.25, -0.2) is 19.3 Å². The molecule has 0 fully saturated rings. The lowest BCUT2D eigenvalue weighted by Gasteiger charge is -2.13. The Labute approximate surface area is 219 Å². The molecule has 0 saturated heterocycles. The Bertz CT molecular complexity index is 1540. The molecule has 0 atom stereocenters. The minimum Gasteiger partial charge on any atom is -0.484 e. The van der Waals surface area contributed by atoms with Gasteiger partial charge in [0, 0.05) is 36.9 Å². The number of anilines is 1. The molecule has 188 valence electrons. The van der Waals surface area contributed by atoms with Gasteiger partial charge in [-0.2, -0.15) is 0 Å². The molecule has 0 unspecified atom stereocenters. The van der Waals surface area contributed by atoms with E-state index in [1.165, 1.54) is 12.1 Å². The Morgan fingerprint density at radius 2 is 1.78 bits per heavy atom. The van der Waals surface area contributed by atoms with Gasteiger partial charge in [-0.3, -0.25) is 0 Å². The van der Waals surface area contributed by atoms with Crippen LogP contribution in [0.5, 0.6) is 11.6 Å². The fourth-order valence-electron chi connectivity index (χ4n) is 4.02. The molecule has 0 bridgehead atoms. The molecule has 0 amide bonds. The van der Waals surface area contributed by atoms with Crippen molar-refractivity contribution in [1.29, 1.82) is 0 Å². The van der Waals surface area contributed by atoms with Crippen molar-refractivity contribution in [2.75, 3.05) is 26.1 Å². The first-order valence-corrected chi connectivity index (χ1v) is 12.0. The third kappa shape index (κ3) is 5.34. The number of rotatable bonds is 8. The number of nitrogens with zero attached hydrogens (tertiary/aromatic N) is 5. The lowest BCUT2D eigenvalue weighted by molar-refractivity contribution is 0.289.